The van der Waals surface area contributed by atoms with Crippen LogP contribution in [0, 0.1) is 13.8 Å². The van der Waals surface area contributed by atoms with E-state index < -0.39 is 49.1 Å². The maximum absolute atomic E-state index is 15.1. The van der Waals surface area contributed by atoms with E-state index in [0.717, 1.165) is 59.7 Å². The SMILES string of the molecule is CS(=O)(=O)O.CS(=O)(=O)O.Cc1ccc(C(=O)c2ccc(Oc3ccc(C(c4ccc(Oc5ccc(C(=O)c6ccc(-c7ccc(C)cc7C(=O)c7ccc(Oc8ccc(Oc9ccccc9)cc8)cc7)cc6)cc5)cc4)(C(F)(F)F)C(F)(F)F)cc3)cc2)cc1. The van der Waals surface area contributed by atoms with Gasteiger partial charge in [-0.1, -0.05) is 114 Å². The van der Waals surface area contributed by atoms with Gasteiger partial charge in [-0.05, 0) is 176 Å². The van der Waals surface area contributed by atoms with Crippen molar-refractivity contribution in [1.29, 1.82) is 0 Å². The fourth-order valence-electron chi connectivity index (χ4n) is 9.25. The lowest BCUT2D eigenvalue weighted by Crippen LogP contribution is -2.54. The van der Waals surface area contributed by atoms with Crippen molar-refractivity contribution in [2.45, 2.75) is 31.6 Å². The van der Waals surface area contributed by atoms with Gasteiger partial charge in [-0.2, -0.15) is 43.2 Å². The first-order chi connectivity index (χ1) is 42.9. The Morgan fingerprint density at radius 3 is 0.912 bits per heavy atom. The Morgan fingerprint density at radius 2 is 0.593 bits per heavy atom. The summed E-state index contributed by atoms with van der Waals surface area (Å²) in [5.74, 6) is 1.98. The largest absolute Gasteiger partial charge is 0.457 e. The van der Waals surface area contributed by atoms with Gasteiger partial charge >= 0.3 is 12.4 Å². The number of ether oxygens (including phenoxy) is 4. The molecule has 0 bridgehead atoms. The lowest BCUT2D eigenvalue weighted by Gasteiger charge is -2.38. The number of hydrogen-bond acceptors (Lipinski definition) is 11. The van der Waals surface area contributed by atoms with Crippen LogP contribution in [0.3, 0.4) is 0 Å². The van der Waals surface area contributed by atoms with Crippen LogP contribution in [0.5, 0.6) is 46.0 Å². The van der Waals surface area contributed by atoms with Crippen LogP contribution in [0.4, 0.5) is 26.3 Å². The van der Waals surface area contributed by atoms with Crippen LogP contribution in [0.1, 0.15) is 70.0 Å². The Hall–Kier alpha value is -10.2. The molecule has 0 fully saturated rings. The highest BCUT2D eigenvalue weighted by molar-refractivity contribution is 7.85. The number of rotatable bonds is 17. The minimum atomic E-state index is -5.85. The van der Waals surface area contributed by atoms with Gasteiger partial charge in [0.2, 0.25) is 5.41 Å². The molecule has 2 N–H and O–H groups in total. The maximum Gasteiger partial charge on any atom is 0.411 e. The molecule has 21 heteroatoms. The van der Waals surface area contributed by atoms with Crippen LogP contribution in [0.2, 0.25) is 0 Å². The molecule has 0 aliphatic heterocycles. The third kappa shape index (κ3) is 17.8. The molecule has 0 saturated carbocycles. The van der Waals surface area contributed by atoms with Gasteiger partial charge in [-0.3, -0.25) is 23.5 Å². The van der Waals surface area contributed by atoms with Gasteiger partial charge in [-0.15, -0.1) is 0 Å². The van der Waals surface area contributed by atoms with E-state index in [0.29, 0.717) is 74.5 Å². The molecular formula is C70H54F6O13S2. The Kier molecular flexibility index (Phi) is 20.6. The fourth-order valence-corrected chi connectivity index (χ4v) is 9.25. The molecule has 10 aromatic carbocycles. The lowest BCUT2D eigenvalue weighted by molar-refractivity contribution is -0.288. The molecule has 0 heterocycles. The average molecular weight is 1280 g/mol. The monoisotopic (exact) mass is 1280 g/mol. The highest BCUT2D eigenvalue weighted by Crippen LogP contribution is 2.56. The molecule has 10 aromatic rings. The van der Waals surface area contributed by atoms with E-state index in [4.69, 9.17) is 28.1 Å². The molecule has 0 atom stereocenters. The zero-order valence-electron chi connectivity index (χ0n) is 48.6. The topological polar surface area (TPSA) is 197 Å². The number of alkyl halides is 6. The fraction of sp³-hybridized carbons (Fsp3) is 0.100. The van der Waals surface area contributed by atoms with E-state index >= 15 is 26.3 Å². The number of benzene rings is 10. The smallest absolute Gasteiger partial charge is 0.411 e. The van der Waals surface area contributed by atoms with Crippen LogP contribution in [0.25, 0.3) is 11.1 Å². The Bertz CT molecular complexity index is 4340. The first-order valence-corrected chi connectivity index (χ1v) is 30.9. The number of carbonyl (C=O) groups excluding carboxylic acids is 3. The first-order valence-electron chi connectivity index (χ1n) is 27.2. The van der Waals surface area contributed by atoms with Crippen molar-refractivity contribution in [2.24, 2.45) is 0 Å². The average Bonchev–Trinajstić information content (AvgIpc) is 0.745. The van der Waals surface area contributed by atoms with E-state index in [1.807, 2.05) is 62.4 Å². The van der Waals surface area contributed by atoms with Crippen molar-refractivity contribution in [3.8, 4) is 57.1 Å². The normalized spacial score (nSPS) is 11.6. The van der Waals surface area contributed by atoms with Crippen LogP contribution in [-0.2, 0) is 25.7 Å². The van der Waals surface area contributed by atoms with E-state index in [9.17, 15) is 31.2 Å². The third-order valence-electron chi connectivity index (χ3n) is 13.5. The molecule has 0 spiro atoms. The summed E-state index contributed by atoms with van der Waals surface area (Å²) < 4.78 is 166. The van der Waals surface area contributed by atoms with E-state index in [-0.39, 0.29) is 45.9 Å². The van der Waals surface area contributed by atoms with Crippen molar-refractivity contribution in [3.63, 3.8) is 0 Å². The summed E-state index contributed by atoms with van der Waals surface area (Å²) in [4.78, 5) is 40.6. The summed E-state index contributed by atoms with van der Waals surface area (Å²) in [6.07, 6.45) is -10.3. The van der Waals surface area contributed by atoms with Gasteiger partial charge in [-0.25, -0.2) is 0 Å². The Labute approximate surface area is 520 Å². The van der Waals surface area contributed by atoms with E-state index in [1.54, 1.807) is 97.1 Å². The van der Waals surface area contributed by atoms with Crippen molar-refractivity contribution in [2.75, 3.05) is 12.5 Å². The molecule has 0 aliphatic carbocycles. The zero-order valence-corrected chi connectivity index (χ0v) is 50.2. The van der Waals surface area contributed by atoms with Crippen molar-refractivity contribution < 1.29 is 85.6 Å². The third-order valence-corrected chi connectivity index (χ3v) is 13.5. The lowest BCUT2D eigenvalue weighted by atomic mass is 9.73. The highest BCUT2D eigenvalue weighted by atomic mass is 32.2. The number of hydrogen-bond donors (Lipinski definition) is 2. The molecule has 0 saturated heterocycles. The molecule has 466 valence electrons. The van der Waals surface area contributed by atoms with Gasteiger partial charge in [0.1, 0.15) is 46.0 Å². The minimum Gasteiger partial charge on any atom is -0.457 e. The van der Waals surface area contributed by atoms with Crippen molar-refractivity contribution >= 4 is 37.6 Å². The van der Waals surface area contributed by atoms with Crippen LogP contribution < -0.4 is 18.9 Å². The van der Waals surface area contributed by atoms with Gasteiger partial charge < -0.3 is 18.9 Å². The minimum absolute atomic E-state index is 0.0353. The summed E-state index contributed by atoms with van der Waals surface area (Å²) in [7, 11) is -7.33. The predicted molar refractivity (Wildman–Crippen MR) is 331 cm³/mol. The molecule has 0 amide bonds. The Morgan fingerprint density at radius 1 is 0.341 bits per heavy atom. The summed E-state index contributed by atoms with van der Waals surface area (Å²) in [6.45, 7) is 3.78. The number of carbonyl (C=O) groups is 3. The zero-order chi connectivity index (χ0) is 65.9. The van der Waals surface area contributed by atoms with Gasteiger partial charge in [0, 0.05) is 33.4 Å². The van der Waals surface area contributed by atoms with Crippen molar-refractivity contribution in [1.82, 2.24) is 0 Å². The molecule has 13 nitrogen and oxygen atoms in total. The molecule has 91 heavy (non-hydrogen) atoms. The Balaban J connectivity index is 0.000000990. The quantitative estimate of drug-likeness (QED) is 0.0497. The molecule has 0 aliphatic rings. The van der Waals surface area contributed by atoms with Crippen LogP contribution in [-0.4, -0.2) is 68.2 Å². The maximum atomic E-state index is 15.1. The van der Waals surface area contributed by atoms with E-state index in [1.165, 1.54) is 48.5 Å². The molecular weight excluding hydrogens is 1230 g/mol. The summed E-state index contributed by atoms with van der Waals surface area (Å²) in [5.41, 5.74) is -1.05. The summed E-state index contributed by atoms with van der Waals surface area (Å²) >= 11 is 0. The van der Waals surface area contributed by atoms with Crippen molar-refractivity contribution in [3.05, 3.63) is 298 Å². The molecule has 0 radical (unpaired) electrons. The number of ketones is 3. The summed E-state index contributed by atoms with van der Waals surface area (Å²) in [5, 5.41) is 0. The van der Waals surface area contributed by atoms with Gasteiger partial charge in [0.15, 0.2) is 17.3 Å². The second kappa shape index (κ2) is 28.1. The highest BCUT2D eigenvalue weighted by Gasteiger charge is 2.72. The number of halogens is 6. The number of aryl methyl sites for hydroxylation is 2. The first kappa shape index (κ1) is 66.8. The molecule has 10 rings (SSSR count). The second-order valence-corrected chi connectivity index (χ2v) is 23.4. The van der Waals surface area contributed by atoms with E-state index in [2.05, 4.69) is 0 Å². The predicted octanol–water partition coefficient (Wildman–Crippen LogP) is 17.3. The number of para-hydroxylation sites is 1. The standard InChI is InChI=1S/C68H46F6O7.2CH4O3S/c1-43-8-11-46(12-9-43)63(75)48-17-27-54(28-18-48)79-57-33-23-51(24-34-57)66(67(69,70)71,68(72,73)74)52-25-35-58(36-26-52)80-55-29-19-49(20-30-55)64(76)47-15-13-45(14-16-47)61-41-10-44(2)42-62(61)65(77)50-21-31-56(32-22-50)81-60-39-37-59(38-40-60)78-53-6-4-3-5-7-53;2*1-5(2,3)4/h3-42H,1-2H3;2*1H3,(H,2,3,4). The van der Waals surface area contributed by atoms with Crippen LogP contribution >= 0.6 is 0 Å². The van der Waals surface area contributed by atoms with Gasteiger partial charge in [0.05, 0.1) is 12.5 Å². The molecule has 0 aromatic heterocycles. The second-order valence-electron chi connectivity index (χ2n) is 20.5. The van der Waals surface area contributed by atoms with Gasteiger partial charge in [0.25, 0.3) is 20.2 Å². The van der Waals surface area contributed by atoms with Crippen LogP contribution in [0.15, 0.2) is 243 Å². The molecule has 0 unspecified atom stereocenters. The summed E-state index contributed by atoms with van der Waals surface area (Å²) in [6, 6.07) is 61.6.